The van der Waals surface area contributed by atoms with Gasteiger partial charge in [-0.3, -0.25) is 14.4 Å². The minimum atomic E-state index is -0.961. The average Bonchev–Trinajstić information content (AvgIpc) is 3.36. The summed E-state index contributed by atoms with van der Waals surface area (Å²) < 4.78 is 15.9. The Kier molecular flexibility index (Phi) is 9.10. The Morgan fingerprint density at radius 3 is 2.54 bits per heavy atom. The largest absolute Gasteiger partial charge is 0.493 e. The normalized spacial score (nSPS) is 10.6. The van der Waals surface area contributed by atoms with E-state index in [2.05, 4.69) is 21.2 Å². The van der Waals surface area contributed by atoms with Gasteiger partial charge in [0.05, 0.1) is 31.2 Å². The van der Waals surface area contributed by atoms with Gasteiger partial charge in [0.15, 0.2) is 18.1 Å². The van der Waals surface area contributed by atoms with Crippen molar-refractivity contribution in [1.82, 2.24) is 10.7 Å². The summed E-state index contributed by atoms with van der Waals surface area (Å²) in [6.45, 7) is -0.260. The molecule has 2 aromatic carbocycles. The highest BCUT2D eigenvalue weighted by molar-refractivity contribution is 6.35. The lowest BCUT2D eigenvalue weighted by atomic mass is 10.2. The maximum Gasteiger partial charge on any atom is 0.329 e. The summed E-state index contributed by atoms with van der Waals surface area (Å²) in [5.74, 6) is -1.36. The molecule has 0 atom stereocenters. The second-order valence-corrected chi connectivity index (χ2v) is 7.68. The van der Waals surface area contributed by atoms with Crippen molar-refractivity contribution in [3.8, 4) is 11.5 Å². The number of furan rings is 1. The van der Waals surface area contributed by atoms with Gasteiger partial charge in [0.25, 0.3) is 5.91 Å². The van der Waals surface area contributed by atoms with E-state index in [1.807, 2.05) is 0 Å². The van der Waals surface area contributed by atoms with Gasteiger partial charge in [0.1, 0.15) is 5.76 Å². The van der Waals surface area contributed by atoms with Crippen LogP contribution in [0, 0.1) is 0 Å². The highest BCUT2D eigenvalue weighted by Crippen LogP contribution is 2.36. The monoisotopic (exact) mass is 518 g/mol. The van der Waals surface area contributed by atoms with Crippen LogP contribution in [0.2, 0.25) is 10.0 Å². The summed E-state index contributed by atoms with van der Waals surface area (Å²) in [4.78, 5) is 35.8. The van der Waals surface area contributed by atoms with Crippen molar-refractivity contribution in [2.75, 3.05) is 19.0 Å². The Morgan fingerprint density at radius 1 is 1.09 bits per heavy atom. The third-order valence-corrected chi connectivity index (χ3v) is 4.85. The lowest BCUT2D eigenvalue weighted by molar-refractivity contribution is -0.139. The second-order valence-electron chi connectivity index (χ2n) is 6.84. The molecular weight excluding hydrogens is 499 g/mol. The first kappa shape index (κ1) is 25.6. The number of carbonyl (C=O) groups excluding carboxylic acids is 3. The minimum absolute atomic E-state index is 0.0644. The van der Waals surface area contributed by atoms with Crippen LogP contribution in [0.1, 0.15) is 11.3 Å². The van der Waals surface area contributed by atoms with Crippen molar-refractivity contribution >= 4 is 52.8 Å². The molecule has 3 aromatic rings. The van der Waals surface area contributed by atoms with Crippen LogP contribution in [-0.2, 0) is 20.9 Å². The molecule has 182 valence electrons. The summed E-state index contributed by atoms with van der Waals surface area (Å²) in [7, 11) is 1.40. The molecule has 3 N–H and O–H groups in total. The first-order chi connectivity index (χ1) is 16.9. The molecule has 1 aromatic heterocycles. The topological polar surface area (TPSA) is 131 Å². The van der Waals surface area contributed by atoms with Crippen LogP contribution in [0.5, 0.6) is 11.5 Å². The van der Waals surface area contributed by atoms with E-state index in [0.29, 0.717) is 22.0 Å². The molecular formula is C23H20Cl2N4O6. The van der Waals surface area contributed by atoms with Gasteiger partial charge in [0, 0.05) is 10.7 Å². The highest BCUT2D eigenvalue weighted by Gasteiger charge is 2.15. The second kappa shape index (κ2) is 12.4. The molecule has 0 radical (unpaired) electrons. The highest BCUT2D eigenvalue weighted by atomic mass is 35.5. The van der Waals surface area contributed by atoms with E-state index in [1.54, 1.807) is 36.4 Å². The first-order valence-corrected chi connectivity index (χ1v) is 10.8. The fourth-order valence-corrected chi connectivity index (χ4v) is 3.10. The zero-order valence-corrected chi connectivity index (χ0v) is 19.9. The van der Waals surface area contributed by atoms with E-state index >= 15 is 0 Å². The van der Waals surface area contributed by atoms with Gasteiger partial charge >= 0.3 is 11.8 Å². The standard InChI is InChI=1S/C23H20Cl2N4O6/c1-33-19-10-14(11-27-29-23(32)22(31)26-12-17-3-2-8-34-17)9-18(25)21(19)35-13-20(30)28-16-6-4-15(24)5-7-16/h2-11H,12-13H2,1H3,(H,26,31)(H,28,30)(H,29,32)/b27-11-. The number of carbonyl (C=O) groups is 3. The van der Waals surface area contributed by atoms with E-state index in [-0.39, 0.29) is 29.7 Å². The van der Waals surface area contributed by atoms with E-state index in [1.165, 1.54) is 31.7 Å². The zero-order valence-electron chi connectivity index (χ0n) is 18.3. The molecule has 0 unspecified atom stereocenters. The van der Waals surface area contributed by atoms with Gasteiger partial charge < -0.3 is 24.5 Å². The first-order valence-electron chi connectivity index (χ1n) is 10.0. The predicted octanol–water partition coefficient (Wildman–Crippen LogP) is 3.38. The van der Waals surface area contributed by atoms with Gasteiger partial charge in [-0.25, -0.2) is 5.43 Å². The van der Waals surface area contributed by atoms with Gasteiger partial charge in [-0.2, -0.15) is 5.10 Å². The van der Waals surface area contributed by atoms with Crippen LogP contribution in [0.25, 0.3) is 0 Å². The Labute approximate surface area is 210 Å². The molecule has 0 aliphatic rings. The molecule has 12 heteroatoms. The van der Waals surface area contributed by atoms with Crippen molar-refractivity contribution in [1.29, 1.82) is 0 Å². The SMILES string of the molecule is COc1cc(/C=N\NC(=O)C(=O)NCc2ccco2)cc(Cl)c1OCC(=O)Nc1ccc(Cl)cc1. The summed E-state index contributed by atoms with van der Waals surface area (Å²) in [6.07, 6.45) is 2.72. The number of anilines is 1. The van der Waals surface area contributed by atoms with E-state index in [9.17, 15) is 14.4 Å². The van der Waals surface area contributed by atoms with Crippen LogP contribution < -0.4 is 25.5 Å². The number of hydrazone groups is 1. The van der Waals surface area contributed by atoms with Crippen molar-refractivity contribution < 1.29 is 28.3 Å². The van der Waals surface area contributed by atoms with Crippen molar-refractivity contribution in [3.05, 3.63) is 76.2 Å². The molecule has 1 heterocycles. The molecule has 0 bridgehead atoms. The maximum atomic E-state index is 12.2. The number of hydrogen-bond acceptors (Lipinski definition) is 7. The average molecular weight is 519 g/mol. The van der Waals surface area contributed by atoms with Gasteiger partial charge in [-0.15, -0.1) is 0 Å². The molecule has 0 saturated heterocycles. The van der Waals surface area contributed by atoms with Crippen LogP contribution in [0.3, 0.4) is 0 Å². The number of nitrogens with one attached hydrogen (secondary N) is 3. The zero-order chi connectivity index (χ0) is 25.2. The molecule has 35 heavy (non-hydrogen) atoms. The van der Waals surface area contributed by atoms with Crippen LogP contribution >= 0.6 is 23.2 Å². The van der Waals surface area contributed by atoms with E-state index < -0.39 is 17.7 Å². The van der Waals surface area contributed by atoms with Gasteiger partial charge in [-0.05, 0) is 54.1 Å². The van der Waals surface area contributed by atoms with Crippen molar-refractivity contribution in [2.45, 2.75) is 6.54 Å². The summed E-state index contributed by atoms with van der Waals surface area (Å²) >= 11 is 12.1. The van der Waals surface area contributed by atoms with Crippen LogP contribution in [-0.4, -0.2) is 37.7 Å². The molecule has 0 fully saturated rings. The summed E-state index contributed by atoms with van der Waals surface area (Å²) in [6, 6.07) is 13.0. The Morgan fingerprint density at radius 2 is 1.86 bits per heavy atom. The van der Waals surface area contributed by atoms with E-state index in [4.69, 9.17) is 37.1 Å². The molecule has 3 rings (SSSR count). The number of amides is 3. The number of nitrogens with zero attached hydrogens (tertiary/aromatic N) is 1. The number of halogens is 2. The smallest absolute Gasteiger partial charge is 0.329 e. The van der Waals surface area contributed by atoms with Crippen LogP contribution in [0.15, 0.2) is 64.3 Å². The summed E-state index contributed by atoms with van der Waals surface area (Å²) in [5, 5.41) is 9.50. The Hall–Kier alpha value is -4.02. The van der Waals surface area contributed by atoms with Crippen molar-refractivity contribution in [3.63, 3.8) is 0 Å². The third kappa shape index (κ3) is 7.76. The fraction of sp³-hybridized carbons (Fsp3) is 0.130. The maximum absolute atomic E-state index is 12.2. The molecule has 10 nitrogen and oxygen atoms in total. The Balaban J connectivity index is 1.54. The molecule has 0 aliphatic heterocycles. The number of methoxy groups -OCH3 is 1. The van der Waals surface area contributed by atoms with Crippen LogP contribution in [0.4, 0.5) is 5.69 Å². The van der Waals surface area contributed by atoms with Crippen molar-refractivity contribution in [2.24, 2.45) is 5.10 Å². The number of ether oxygens (including phenoxy) is 2. The molecule has 3 amide bonds. The lowest BCUT2D eigenvalue weighted by Gasteiger charge is -2.13. The minimum Gasteiger partial charge on any atom is -0.493 e. The quantitative estimate of drug-likeness (QED) is 0.226. The molecule has 0 aliphatic carbocycles. The van der Waals surface area contributed by atoms with Gasteiger partial charge in [0.2, 0.25) is 0 Å². The number of hydrogen-bond donors (Lipinski definition) is 3. The number of benzene rings is 2. The fourth-order valence-electron chi connectivity index (χ4n) is 2.70. The summed E-state index contributed by atoms with van der Waals surface area (Å²) in [5.41, 5.74) is 3.12. The third-order valence-electron chi connectivity index (χ3n) is 4.32. The molecule has 0 spiro atoms. The van der Waals surface area contributed by atoms with Gasteiger partial charge in [-0.1, -0.05) is 23.2 Å². The number of rotatable bonds is 9. The van der Waals surface area contributed by atoms with E-state index in [0.717, 1.165) is 0 Å². The predicted molar refractivity (Wildman–Crippen MR) is 130 cm³/mol. The lowest BCUT2D eigenvalue weighted by Crippen LogP contribution is -2.37. The molecule has 0 saturated carbocycles. The Bertz CT molecular complexity index is 1210.